The third-order valence-electron chi connectivity index (χ3n) is 6.68. The standard InChI is InChI=1S/C23H28N8O2/c32-22(19-4-1-5-21-20(19)14-27-28-21)25-7-6-16-3-2-9-30(15-16)23(33)17-11-18(13-24-12-17)31-10-8-26-29-31/h8,10-14,16,19H,1-7,9,15H2,(H,25,32)(H,27,28). The van der Waals surface area contributed by atoms with Crippen LogP contribution in [-0.4, -0.2) is 66.5 Å². The van der Waals surface area contributed by atoms with Crippen LogP contribution in [0.5, 0.6) is 0 Å². The van der Waals surface area contributed by atoms with Crippen LogP contribution in [0.1, 0.15) is 59.6 Å². The number of rotatable bonds is 6. The highest BCUT2D eigenvalue weighted by Crippen LogP contribution is 2.30. The Bertz CT molecular complexity index is 1110. The van der Waals surface area contributed by atoms with Crippen molar-refractivity contribution < 1.29 is 9.59 Å². The average molecular weight is 449 g/mol. The first-order chi connectivity index (χ1) is 16.2. The first-order valence-corrected chi connectivity index (χ1v) is 11.6. The van der Waals surface area contributed by atoms with Crippen LogP contribution in [-0.2, 0) is 11.2 Å². The second-order valence-electron chi connectivity index (χ2n) is 8.87. The Morgan fingerprint density at radius 1 is 1.18 bits per heavy atom. The molecule has 0 aromatic carbocycles. The van der Waals surface area contributed by atoms with Gasteiger partial charge in [-0.3, -0.25) is 19.7 Å². The molecular weight excluding hydrogens is 420 g/mol. The average Bonchev–Trinajstić information content (AvgIpc) is 3.56. The Morgan fingerprint density at radius 3 is 3.00 bits per heavy atom. The third kappa shape index (κ3) is 4.64. The number of piperidine rings is 1. The Kier molecular flexibility index (Phi) is 6.14. The number of aryl methyl sites for hydroxylation is 1. The highest BCUT2D eigenvalue weighted by Gasteiger charge is 2.29. The summed E-state index contributed by atoms with van der Waals surface area (Å²) in [6.45, 7) is 2.05. The molecule has 3 aromatic rings. The normalized spacial score (nSPS) is 20.3. The van der Waals surface area contributed by atoms with Crippen LogP contribution in [0.4, 0.5) is 0 Å². The van der Waals surface area contributed by atoms with Crippen molar-refractivity contribution in [2.75, 3.05) is 19.6 Å². The van der Waals surface area contributed by atoms with Gasteiger partial charge in [0.1, 0.15) is 0 Å². The van der Waals surface area contributed by atoms with Crippen LogP contribution < -0.4 is 5.32 Å². The minimum Gasteiger partial charge on any atom is -0.356 e. The molecule has 5 rings (SSSR count). The molecule has 172 valence electrons. The molecule has 10 nitrogen and oxygen atoms in total. The van der Waals surface area contributed by atoms with E-state index in [-0.39, 0.29) is 17.7 Å². The maximum atomic E-state index is 13.1. The van der Waals surface area contributed by atoms with Gasteiger partial charge in [0.2, 0.25) is 5.91 Å². The fourth-order valence-electron chi connectivity index (χ4n) is 4.94. The molecule has 2 atom stereocenters. The summed E-state index contributed by atoms with van der Waals surface area (Å²) >= 11 is 0. The summed E-state index contributed by atoms with van der Waals surface area (Å²) < 4.78 is 1.59. The van der Waals surface area contributed by atoms with Gasteiger partial charge in [0, 0.05) is 37.1 Å². The minimum absolute atomic E-state index is 0.0205. The summed E-state index contributed by atoms with van der Waals surface area (Å²) in [5.41, 5.74) is 3.38. The first kappa shape index (κ1) is 21.3. The molecule has 0 saturated carbocycles. The number of nitrogens with zero attached hydrogens (tertiary/aromatic N) is 6. The van der Waals surface area contributed by atoms with Crippen LogP contribution in [0.25, 0.3) is 5.69 Å². The van der Waals surface area contributed by atoms with Crippen molar-refractivity contribution in [3.8, 4) is 5.69 Å². The van der Waals surface area contributed by atoms with Gasteiger partial charge in [0.15, 0.2) is 0 Å². The summed E-state index contributed by atoms with van der Waals surface area (Å²) in [6, 6.07) is 1.79. The molecule has 3 aromatic heterocycles. The van der Waals surface area contributed by atoms with E-state index in [1.807, 2.05) is 4.90 Å². The van der Waals surface area contributed by atoms with Crippen LogP contribution in [0.2, 0.25) is 0 Å². The number of likely N-dealkylation sites (tertiary alicyclic amines) is 1. The summed E-state index contributed by atoms with van der Waals surface area (Å²) in [5.74, 6) is 0.317. The third-order valence-corrected chi connectivity index (χ3v) is 6.68. The number of aromatic nitrogens is 6. The van der Waals surface area contributed by atoms with Crippen molar-refractivity contribution in [2.45, 2.75) is 44.4 Å². The number of H-pyrrole nitrogens is 1. The number of aromatic amines is 1. The second kappa shape index (κ2) is 9.51. The lowest BCUT2D eigenvalue weighted by Gasteiger charge is -2.33. The molecule has 2 aliphatic rings. The first-order valence-electron chi connectivity index (χ1n) is 11.6. The maximum Gasteiger partial charge on any atom is 0.255 e. The van der Waals surface area contributed by atoms with E-state index in [0.717, 1.165) is 56.3 Å². The van der Waals surface area contributed by atoms with Gasteiger partial charge in [-0.2, -0.15) is 5.10 Å². The fraction of sp³-hybridized carbons (Fsp3) is 0.478. The van der Waals surface area contributed by atoms with E-state index >= 15 is 0 Å². The Hall–Kier alpha value is -3.56. The number of amides is 2. The molecule has 2 unspecified atom stereocenters. The molecule has 1 aliphatic carbocycles. The monoisotopic (exact) mass is 448 g/mol. The van der Waals surface area contributed by atoms with Gasteiger partial charge in [0.25, 0.3) is 5.91 Å². The number of carbonyl (C=O) groups is 2. The molecule has 4 heterocycles. The number of fused-ring (bicyclic) bond motifs is 1. The quantitative estimate of drug-likeness (QED) is 0.594. The zero-order chi connectivity index (χ0) is 22.6. The number of hydrogen-bond donors (Lipinski definition) is 2. The molecule has 0 bridgehead atoms. The van der Waals surface area contributed by atoms with Crippen LogP contribution in [0.15, 0.2) is 37.1 Å². The van der Waals surface area contributed by atoms with Crippen molar-refractivity contribution >= 4 is 11.8 Å². The van der Waals surface area contributed by atoms with Crippen molar-refractivity contribution in [3.63, 3.8) is 0 Å². The summed E-state index contributed by atoms with van der Waals surface area (Å²) in [5, 5.41) is 18.0. The summed E-state index contributed by atoms with van der Waals surface area (Å²) in [4.78, 5) is 32.0. The molecule has 0 spiro atoms. The fourth-order valence-corrected chi connectivity index (χ4v) is 4.94. The van der Waals surface area contributed by atoms with Crippen molar-refractivity contribution in [3.05, 3.63) is 53.9 Å². The van der Waals surface area contributed by atoms with Gasteiger partial charge in [-0.25, -0.2) is 4.68 Å². The Balaban J connectivity index is 1.14. The highest BCUT2D eigenvalue weighted by molar-refractivity contribution is 5.94. The number of hydrogen-bond acceptors (Lipinski definition) is 6. The van der Waals surface area contributed by atoms with Crippen LogP contribution in [0.3, 0.4) is 0 Å². The number of pyridine rings is 1. The lowest BCUT2D eigenvalue weighted by Crippen LogP contribution is -2.41. The van der Waals surface area contributed by atoms with Gasteiger partial charge in [-0.15, -0.1) is 5.10 Å². The molecule has 2 amide bonds. The van der Waals surface area contributed by atoms with Gasteiger partial charge in [-0.05, 0) is 50.5 Å². The smallest absolute Gasteiger partial charge is 0.255 e. The van der Waals surface area contributed by atoms with E-state index in [1.165, 1.54) is 0 Å². The van der Waals surface area contributed by atoms with E-state index < -0.39 is 0 Å². The highest BCUT2D eigenvalue weighted by atomic mass is 16.2. The van der Waals surface area contributed by atoms with E-state index in [9.17, 15) is 9.59 Å². The number of carbonyl (C=O) groups excluding carboxylic acids is 2. The predicted octanol–water partition coefficient (Wildman–Crippen LogP) is 1.86. The van der Waals surface area contributed by atoms with E-state index in [0.29, 0.717) is 30.3 Å². The lowest BCUT2D eigenvalue weighted by atomic mass is 9.86. The Labute approximate surface area is 191 Å². The minimum atomic E-state index is -0.110. The maximum absolute atomic E-state index is 13.1. The predicted molar refractivity (Wildman–Crippen MR) is 120 cm³/mol. The lowest BCUT2D eigenvalue weighted by molar-refractivity contribution is -0.122. The largest absolute Gasteiger partial charge is 0.356 e. The molecule has 1 saturated heterocycles. The zero-order valence-electron chi connectivity index (χ0n) is 18.5. The van der Waals surface area contributed by atoms with Crippen molar-refractivity contribution in [2.24, 2.45) is 5.92 Å². The SMILES string of the molecule is O=C(NCCC1CCCN(C(=O)c2cncc(-n3ccnn3)c2)C1)C1CCCc2[nH]ncc21. The second-order valence-corrected chi connectivity index (χ2v) is 8.87. The van der Waals surface area contributed by atoms with E-state index in [4.69, 9.17) is 0 Å². The Morgan fingerprint density at radius 2 is 2.12 bits per heavy atom. The molecule has 10 heteroatoms. The molecular formula is C23H28N8O2. The van der Waals surface area contributed by atoms with Crippen LogP contribution >= 0.6 is 0 Å². The van der Waals surface area contributed by atoms with Crippen molar-refractivity contribution in [1.82, 2.24) is 40.4 Å². The van der Waals surface area contributed by atoms with Gasteiger partial charge in [-0.1, -0.05) is 5.21 Å². The molecule has 2 N–H and O–H groups in total. The molecule has 1 aliphatic heterocycles. The van der Waals surface area contributed by atoms with Crippen LogP contribution in [0, 0.1) is 5.92 Å². The van der Waals surface area contributed by atoms with Crippen molar-refractivity contribution in [1.29, 1.82) is 0 Å². The van der Waals surface area contributed by atoms with E-state index in [1.54, 1.807) is 41.7 Å². The topological polar surface area (TPSA) is 122 Å². The molecule has 1 fully saturated rings. The van der Waals surface area contributed by atoms with E-state index in [2.05, 4.69) is 30.8 Å². The number of nitrogens with one attached hydrogen (secondary N) is 2. The van der Waals surface area contributed by atoms with Gasteiger partial charge in [0.05, 0.1) is 42.0 Å². The molecule has 0 radical (unpaired) electrons. The molecule has 33 heavy (non-hydrogen) atoms. The zero-order valence-corrected chi connectivity index (χ0v) is 18.5. The van der Waals surface area contributed by atoms with Gasteiger partial charge >= 0.3 is 0 Å². The van der Waals surface area contributed by atoms with Gasteiger partial charge < -0.3 is 10.2 Å². The summed E-state index contributed by atoms with van der Waals surface area (Å²) in [7, 11) is 0. The summed E-state index contributed by atoms with van der Waals surface area (Å²) in [6.07, 6.45) is 14.1.